The van der Waals surface area contributed by atoms with Gasteiger partial charge in [0.1, 0.15) is 0 Å². The van der Waals surface area contributed by atoms with Gasteiger partial charge in [0.05, 0.1) is 0 Å². The first kappa shape index (κ1) is 9.15. The molecule has 0 saturated heterocycles. The van der Waals surface area contributed by atoms with Crippen LogP contribution in [0.3, 0.4) is 0 Å². The van der Waals surface area contributed by atoms with Gasteiger partial charge < -0.3 is 5.73 Å². The van der Waals surface area contributed by atoms with Crippen molar-refractivity contribution in [3.8, 4) is 0 Å². The number of rotatable bonds is 1. The first-order valence-electron chi connectivity index (χ1n) is 4.01. The lowest BCUT2D eigenvalue weighted by Gasteiger charge is -2.01. The fourth-order valence-electron chi connectivity index (χ4n) is 1.28. The Hall–Kier alpha value is -1.42. The summed E-state index contributed by atoms with van der Waals surface area (Å²) in [5.41, 5.74) is 5.69. The Bertz CT molecular complexity index is 510. The molecule has 14 heavy (non-hydrogen) atoms. The topological polar surface area (TPSA) is 56.0 Å². The van der Waals surface area contributed by atoms with Gasteiger partial charge in [-0.1, -0.05) is 6.07 Å². The van der Waals surface area contributed by atoms with Gasteiger partial charge in [-0.15, -0.1) is 0 Å². The minimum absolute atomic E-state index is 0.421. The maximum atomic E-state index is 10.9. The number of nitrogens with two attached hydrogens (primary N) is 1. The molecule has 0 saturated carbocycles. The third-order valence-corrected chi connectivity index (χ3v) is 2.63. The lowest BCUT2D eigenvalue weighted by atomic mass is 10.1. The lowest BCUT2D eigenvalue weighted by molar-refractivity contribution is 0.100. The van der Waals surface area contributed by atoms with Crippen molar-refractivity contribution in [2.24, 2.45) is 5.73 Å². The summed E-state index contributed by atoms with van der Waals surface area (Å²) in [6.07, 6.45) is 3.43. The number of pyridine rings is 1. The van der Waals surface area contributed by atoms with Gasteiger partial charge in [-0.25, -0.2) is 0 Å². The average Bonchev–Trinajstić information content (AvgIpc) is 2.18. The molecule has 0 aliphatic carbocycles. The zero-order valence-corrected chi connectivity index (χ0v) is 8.78. The highest BCUT2D eigenvalue weighted by atomic mass is 79.9. The molecule has 0 fully saturated rings. The highest BCUT2D eigenvalue weighted by Gasteiger charge is 2.03. The second-order valence-electron chi connectivity index (χ2n) is 2.92. The zero-order chi connectivity index (χ0) is 10.1. The molecule has 0 aliphatic heterocycles. The molecule has 2 rings (SSSR count). The van der Waals surface area contributed by atoms with Gasteiger partial charge in [0.2, 0.25) is 5.91 Å². The van der Waals surface area contributed by atoms with E-state index in [1.807, 2.05) is 6.07 Å². The van der Waals surface area contributed by atoms with Gasteiger partial charge in [0.25, 0.3) is 0 Å². The number of nitrogens with zero attached hydrogens (tertiary/aromatic N) is 1. The standard InChI is InChI=1S/C10H7BrN2O/c11-9-5-13-4-7-2-1-6(10(12)14)3-8(7)9/h1-5H,(H2,12,14). The minimum atomic E-state index is -0.421. The van der Waals surface area contributed by atoms with Crippen LogP contribution >= 0.6 is 15.9 Å². The Labute approximate surface area is 89.1 Å². The number of primary amides is 1. The number of hydrogen-bond acceptors (Lipinski definition) is 2. The van der Waals surface area contributed by atoms with E-state index < -0.39 is 5.91 Å². The summed E-state index contributed by atoms with van der Waals surface area (Å²) in [6, 6.07) is 5.27. The number of carbonyl (C=O) groups excluding carboxylic acids is 1. The number of hydrogen-bond donors (Lipinski definition) is 1. The van der Waals surface area contributed by atoms with E-state index in [-0.39, 0.29) is 0 Å². The van der Waals surface area contributed by atoms with Crippen LogP contribution in [0.1, 0.15) is 10.4 Å². The molecular formula is C10H7BrN2O. The van der Waals surface area contributed by atoms with Crippen molar-refractivity contribution in [3.63, 3.8) is 0 Å². The maximum absolute atomic E-state index is 10.9. The second-order valence-corrected chi connectivity index (χ2v) is 3.78. The van der Waals surface area contributed by atoms with Crippen molar-refractivity contribution in [1.29, 1.82) is 0 Å². The average molecular weight is 251 g/mol. The molecular weight excluding hydrogens is 244 g/mol. The third kappa shape index (κ3) is 1.48. The van der Waals surface area contributed by atoms with Gasteiger partial charge in [-0.3, -0.25) is 9.78 Å². The van der Waals surface area contributed by atoms with Crippen LogP contribution in [0.5, 0.6) is 0 Å². The van der Waals surface area contributed by atoms with Crippen LogP contribution in [0.25, 0.3) is 10.8 Å². The number of benzene rings is 1. The maximum Gasteiger partial charge on any atom is 0.248 e. The molecule has 0 unspecified atom stereocenters. The Balaban J connectivity index is 2.76. The summed E-state index contributed by atoms with van der Waals surface area (Å²) >= 11 is 3.37. The molecule has 4 heteroatoms. The number of carbonyl (C=O) groups is 1. The largest absolute Gasteiger partial charge is 0.366 e. The van der Waals surface area contributed by atoms with Gasteiger partial charge in [-0.2, -0.15) is 0 Å². The van der Waals surface area contributed by atoms with Crippen molar-refractivity contribution < 1.29 is 4.79 Å². The van der Waals surface area contributed by atoms with E-state index in [9.17, 15) is 4.79 Å². The summed E-state index contributed by atoms with van der Waals surface area (Å²) in [5, 5.41) is 1.92. The number of aromatic nitrogens is 1. The second kappa shape index (κ2) is 3.38. The Kier molecular flexibility index (Phi) is 2.21. The lowest BCUT2D eigenvalue weighted by Crippen LogP contribution is -2.10. The molecule has 0 bridgehead atoms. The van der Waals surface area contributed by atoms with Gasteiger partial charge in [0.15, 0.2) is 0 Å². The van der Waals surface area contributed by atoms with Crippen LogP contribution in [-0.4, -0.2) is 10.9 Å². The van der Waals surface area contributed by atoms with Crippen molar-refractivity contribution in [3.05, 3.63) is 40.6 Å². The van der Waals surface area contributed by atoms with Crippen LogP contribution in [-0.2, 0) is 0 Å². The monoisotopic (exact) mass is 250 g/mol. The van der Waals surface area contributed by atoms with E-state index >= 15 is 0 Å². The quantitative estimate of drug-likeness (QED) is 0.843. The van der Waals surface area contributed by atoms with Crippen LogP contribution in [0.4, 0.5) is 0 Å². The van der Waals surface area contributed by atoms with E-state index in [0.717, 1.165) is 15.2 Å². The summed E-state index contributed by atoms with van der Waals surface area (Å²) < 4.78 is 0.859. The SMILES string of the molecule is NC(=O)c1ccc2cncc(Br)c2c1. The molecule has 1 aromatic heterocycles. The fourth-order valence-corrected chi connectivity index (χ4v) is 1.74. The minimum Gasteiger partial charge on any atom is -0.366 e. The summed E-state index contributed by atoms with van der Waals surface area (Å²) in [6.45, 7) is 0. The Morgan fingerprint density at radius 2 is 2.14 bits per heavy atom. The molecule has 0 atom stereocenters. The normalized spacial score (nSPS) is 10.4. The molecule has 70 valence electrons. The summed E-state index contributed by atoms with van der Waals surface area (Å²) in [7, 11) is 0. The molecule has 2 N–H and O–H groups in total. The number of amides is 1. The first-order valence-corrected chi connectivity index (χ1v) is 4.81. The van der Waals surface area contributed by atoms with E-state index in [0.29, 0.717) is 5.56 Å². The number of fused-ring (bicyclic) bond motifs is 1. The molecule has 0 radical (unpaired) electrons. The van der Waals surface area contributed by atoms with Crippen LogP contribution in [0.15, 0.2) is 35.1 Å². The van der Waals surface area contributed by atoms with Crippen molar-refractivity contribution in [2.45, 2.75) is 0 Å². The summed E-state index contributed by atoms with van der Waals surface area (Å²) in [4.78, 5) is 15.0. The van der Waals surface area contributed by atoms with Crippen LogP contribution in [0.2, 0.25) is 0 Å². The van der Waals surface area contributed by atoms with Crippen molar-refractivity contribution in [2.75, 3.05) is 0 Å². The first-order chi connectivity index (χ1) is 6.68. The predicted molar refractivity (Wildman–Crippen MR) is 58.0 cm³/mol. The Morgan fingerprint density at radius 1 is 1.36 bits per heavy atom. The van der Waals surface area contributed by atoms with Crippen LogP contribution < -0.4 is 5.73 Å². The molecule has 2 aromatic rings. The molecule has 1 aromatic carbocycles. The van der Waals surface area contributed by atoms with Gasteiger partial charge in [-0.05, 0) is 33.4 Å². The smallest absolute Gasteiger partial charge is 0.248 e. The molecule has 0 aliphatic rings. The zero-order valence-electron chi connectivity index (χ0n) is 7.20. The van der Waals surface area contributed by atoms with E-state index in [1.165, 1.54) is 0 Å². The highest BCUT2D eigenvalue weighted by Crippen LogP contribution is 2.23. The Morgan fingerprint density at radius 3 is 2.86 bits per heavy atom. The molecule has 3 nitrogen and oxygen atoms in total. The van der Waals surface area contributed by atoms with Crippen molar-refractivity contribution >= 4 is 32.6 Å². The highest BCUT2D eigenvalue weighted by molar-refractivity contribution is 9.10. The number of halogens is 1. The van der Waals surface area contributed by atoms with E-state index in [4.69, 9.17) is 5.73 Å². The van der Waals surface area contributed by atoms with E-state index in [1.54, 1.807) is 24.5 Å². The fraction of sp³-hybridized carbons (Fsp3) is 0. The third-order valence-electron chi connectivity index (χ3n) is 2.00. The molecule has 1 amide bonds. The van der Waals surface area contributed by atoms with E-state index in [2.05, 4.69) is 20.9 Å². The predicted octanol–water partition coefficient (Wildman–Crippen LogP) is 2.10. The van der Waals surface area contributed by atoms with Gasteiger partial charge >= 0.3 is 0 Å². The summed E-state index contributed by atoms with van der Waals surface area (Å²) in [5.74, 6) is -0.421. The molecule has 0 spiro atoms. The molecule has 1 heterocycles. The van der Waals surface area contributed by atoms with Gasteiger partial charge in [0, 0.05) is 27.8 Å². The van der Waals surface area contributed by atoms with Crippen LogP contribution in [0, 0.1) is 0 Å². The van der Waals surface area contributed by atoms with Crippen molar-refractivity contribution in [1.82, 2.24) is 4.98 Å².